The number of hydrogen-bond acceptors (Lipinski definition) is 3. The minimum Gasteiger partial charge on any atom is -0.330 e. The van der Waals surface area contributed by atoms with Gasteiger partial charge in [-0.3, -0.25) is 4.90 Å². The summed E-state index contributed by atoms with van der Waals surface area (Å²) in [5, 5.41) is 0. The van der Waals surface area contributed by atoms with Crippen LogP contribution in [0.1, 0.15) is 33.1 Å². The fourth-order valence-electron chi connectivity index (χ4n) is 2.17. The van der Waals surface area contributed by atoms with E-state index in [9.17, 15) is 0 Å². The highest BCUT2D eigenvalue weighted by molar-refractivity contribution is 4.75. The number of hydrogen-bond donors (Lipinski definition) is 1. The van der Waals surface area contributed by atoms with Gasteiger partial charge in [-0.2, -0.15) is 0 Å². The molecule has 0 spiro atoms. The molecule has 0 saturated carbocycles. The van der Waals surface area contributed by atoms with Crippen molar-refractivity contribution >= 4 is 0 Å². The van der Waals surface area contributed by atoms with Crippen LogP contribution >= 0.6 is 0 Å². The van der Waals surface area contributed by atoms with Gasteiger partial charge in [0.15, 0.2) is 0 Å². The number of piperazine rings is 1. The zero-order valence-electron chi connectivity index (χ0n) is 10.4. The highest BCUT2D eigenvalue weighted by Gasteiger charge is 2.19. The summed E-state index contributed by atoms with van der Waals surface area (Å²) in [6.45, 7) is 11.7. The van der Waals surface area contributed by atoms with E-state index in [-0.39, 0.29) is 0 Å². The van der Waals surface area contributed by atoms with E-state index in [0.29, 0.717) is 0 Å². The van der Waals surface area contributed by atoms with Gasteiger partial charge in [-0.05, 0) is 39.3 Å². The van der Waals surface area contributed by atoms with Crippen LogP contribution in [0.5, 0.6) is 0 Å². The SMILES string of the molecule is CCC(C)N1CCN(CCCCN)CC1. The highest BCUT2D eigenvalue weighted by atomic mass is 15.3. The predicted octanol–water partition coefficient (Wildman–Crippen LogP) is 1.14. The van der Waals surface area contributed by atoms with Crippen LogP contribution in [0.25, 0.3) is 0 Å². The molecule has 15 heavy (non-hydrogen) atoms. The van der Waals surface area contributed by atoms with Crippen LogP contribution in [0.4, 0.5) is 0 Å². The second kappa shape index (κ2) is 7.20. The van der Waals surface area contributed by atoms with Crippen molar-refractivity contribution in [1.29, 1.82) is 0 Å². The van der Waals surface area contributed by atoms with E-state index >= 15 is 0 Å². The molecule has 1 rings (SSSR count). The molecule has 0 aromatic carbocycles. The topological polar surface area (TPSA) is 32.5 Å². The maximum absolute atomic E-state index is 5.50. The first kappa shape index (κ1) is 12.9. The summed E-state index contributed by atoms with van der Waals surface area (Å²) in [6, 6.07) is 0.760. The maximum atomic E-state index is 5.50. The second-order valence-electron chi connectivity index (χ2n) is 4.63. The summed E-state index contributed by atoms with van der Waals surface area (Å²) in [4.78, 5) is 5.19. The van der Waals surface area contributed by atoms with Crippen LogP contribution in [-0.2, 0) is 0 Å². The molecule has 0 radical (unpaired) electrons. The molecule has 1 unspecified atom stereocenters. The van der Waals surface area contributed by atoms with E-state index < -0.39 is 0 Å². The fourth-order valence-corrected chi connectivity index (χ4v) is 2.17. The molecular weight excluding hydrogens is 186 g/mol. The van der Waals surface area contributed by atoms with Gasteiger partial charge in [-0.1, -0.05) is 6.92 Å². The third kappa shape index (κ3) is 4.49. The first-order chi connectivity index (χ1) is 7.27. The Bertz CT molecular complexity index is 153. The molecule has 2 N–H and O–H groups in total. The first-order valence-corrected chi connectivity index (χ1v) is 6.44. The lowest BCUT2D eigenvalue weighted by atomic mass is 10.2. The zero-order valence-corrected chi connectivity index (χ0v) is 10.4. The lowest BCUT2D eigenvalue weighted by Gasteiger charge is -2.37. The van der Waals surface area contributed by atoms with Gasteiger partial charge < -0.3 is 10.6 Å². The van der Waals surface area contributed by atoms with E-state index in [2.05, 4.69) is 23.6 Å². The van der Waals surface area contributed by atoms with Crippen LogP contribution in [0.2, 0.25) is 0 Å². The van der Waals surface area contributed by atoms with Crippen LogP contribution < -0.4 is 5.73 Å². The largest absolute Gasteiger partial charge is 0.330 e. The van der Waals surface area contributed by atoms with Crippen molar-refractivity contribution in [2.45, 2.75) is 39.2 Å². The third-order valence-electron chi connectivity index (χ3n) is 3.55. The van der Waals surface area contributed by atoms with Gasteiger partial charge in [-0.15, -0.1) is 0 Å². The summed E-state index contributed by atoms with van der Waals surface area (Å²) in [6.07, 6.45) is 3.71. The van der Waals surface area contributed by atoms with Crippen molar-refractivity contribution in [2.24, 2.45) is 5.73 Å². The van der Waals surface area contributed by atoms with E-state index in [0.717, 1.165) is 12.6 Å². The summed E-state index contributed by atoms with van der Waals surface area (Å²) >= 11 is 0. The minimum atomic E-state index is 0.760. The Balaban J connectivity index is 2.12. The molecule has 1 heterocycles. The molecule has 1 aliphatic rings. The molecule has 1 atom stereocenters. The van der Waals surface area contributed by atoms with Gasteiger partial charge >= 0.3 is 0 Å². The van der Waals surface area contributed by atoms with Crippen LogP contribution in [0, 0.1) is 0 Å². The van der Waals surface area contributed by atoms with Gasteiger partial charge in [0, 0.05) is 32.2 Å². The average Bonchev–Trinajstić information content (AvgIpc) is 2.29. The summed E-state index contributed by atoms with van der Waals surface area (Å²) in [5.74, 6) is 0. The van der Waals surface area contributed by atoms with Gasteiger partial charge in [0.25, 0.3) is 0 Å². The number of unbranched alkanes of at least 4 members (excludes halogenated alkanes) is 1. The van der Waals surface area contributed by atoms with E-state index in [1.165, 1.54) is 52.0 Å². The Morgan fingerprint density at radius 2 is 1.80 bits per heavy atom. The molecule has 1 saturated heterocycles. The van der Waals surface area contributed by atoms with Crippen molar-refractivity contribution in [3.8, 4) is 0 Å². The smallest absolute Gasteiger partial charge is 0.0113 e. The third-order valence-corrected chi connectivity index (χ3v) is 3.55. The summed E-state index contributed by atoms with van der Waals surface area (Å²) < 4.78 is 0. The zero-order chi connectivity index (χ0) is 11.1. The molecule has 0 bridgehead atoms. The molecule has 0 amide bonds. The van der Waals surface area contributed by atoms with Gasteiger partial charge in [-0.25, -0.2) is 0 Å². The van der Waals surface area contributed by atoms with Crippen molar-refractivity contribution < 1.29 is 0 Å². The molecule has 1 aliphatic heterocycles. The molecule has 1 fully saturated rings. The van der Waals surface area contributed by atoms with Crippen LogP contribution in [0.3, 0.4) is 0 Å². The van der Waals surface area contributed by atoms with Crippen LogP contribution in [0.15, 0.2) is 0 Å². The van der Waals surface area contributed by atoms with Crippen molar-refractivity contribution in [2.75, 3.05) is 39.3 Å². The van der Waals surface area contributed by atoms with Crippen molar-refractivity contribution in [3.63, 3.8) is 0 Å². The predicted molar refractivity (Wildman–Crippen MR) is 66.1 cm³/mol. The van der Waals surface area contributed by atoms with Crippen LogP contribution in [-0.4, -0.2) is 55.1 Å². The standard InChI is InChI=1S/C12H27N3/c1-3-12(2)15-10-8-14(9-11-15)7-5-4-6-13/h12H,3-11,13H2,1-2H3. The van der Waals surface area contributed by atoms with Gasteiger partial charge in [0.05, 0.1) is 0 Å². The maximum Gasteiger partial charge on any atom is 0.0113 e. The highest BCUT2D eigenvalue weighted by Crippen LogP contribution is 2.09. The molecule has 3 nitrogen and oxygen atoms in total. The Hall–Kier alpha value is -0.120. The van der Waals surface area contributed by atoms with Crippen molar-refractivity contribution in [1.82, 2.24) is 9.80 Å². The average molecular weight is 213 g/mol. The normalized spacial score (nSPS) is 21.8. The Labute approximate surface area is 94.6 Å². The molecule has 0 aliphatic carbocycles. The second-order valence-corrected chi connectivity index (χ2v) is 4.63. The van der Waals surface area contributed by atoms with Crippen molar-refractivity contribution in [3.05, 3.63) is 0 Å². The number of nitrogens with zero attached hydrogens (tertiary/aromatic N) is 2. The van der Waals surface area contributed by atoms with E-state index in [1.54, 1.807) is 0 Å². The lowest BCUT2D eigenvalue weighted by molar-refractivity contribution is 0.0997. The Morgan fingerprint density at radius 3 is 2.33 bits per heavy atom. The lowest BCUT2D eigenvalue weighted by Crippen LogP contribution is -2.49. The first-order valence-electron chi connectivity index (χ1n) is 6.44. The number of nitrogens with two attached hydrogens (primary N) is 1. The van der Waals surface area contributed by atoms with Gasteiger partial charge in [0.2, 0.25) is 0 Å². The molecule has 0 aromatic rings. The molecule has 90 valence electrons. The summed E-state index contributed by atoms with van der Waals surface area (Å²) in [7, 11) is 0. The minimum absolute atomic E-state index is 0.760. The molecule has 0 aromatic heterocycles. The van der Waals surface area contributed by atoms with Gasteiger partial charge in [0.1, 0.15) is 0 Å². The molecule has 3 heteroatoms. The van der Waals surface area contributed by atoms with E-state index in [4.69, 9.17) is 5.73 Å². The van der Waals surface area contributed by atoms with E-state index in [1.807, 2.05) is 0 Å². The Kier molecular flexibility index (Phi) is 6.22. The fraction of sp³-hybridized carbons (Fsp3) is 1.00. The quantitative estimate of drug-likeness (QED) is 0.672. The summed E-state index contributed by atoms with van der Waals surface area (Å²) in [5.41, 5.74) is 5.50. The number of rotatable bonds is 6. The monoisotopic (exact) mass is 213 g/mol. The molecular formula is C12H27N3. The Morgan fingerprint density at radius 1 is 1.13 bits per heavy atom.